The molecule has 0 unspecified atom stereocenters. The number of nitrogens with one attached hydrogen (secondary N) is 2. The molecule has 1 aliphatic rings. The molecule has 5 rings (SSSR count). The number of amides is 2. The molecule has 2 aromatic carbocycles. The smallest absolute Gasteiger partial charge is 0.342 e. The first-order valence-corrected chi connectivity index (χ1v) is 10.7. The number of carbonyl (C=O) groups excluding carboxylic acids is 2. The molecule has 8 nitrogen and oxygen atoms in total. The minimum absolute atomic E-state index is 0.00249. The van der Waals surface area contributed by atoms with E-state index in [1.165, 1.54) is 17.0 Å². The summed E-state index contributed by atoms with van der Waals surface area (Å²) in [5.74, 6) is 0.0431. The fourth-order valence-corrected chi connectivity index (χ4v) is 3.63. The van der Waals surface area contributed by atoms with Crippen LogP contribution >= 0.6 is 0 Å². The van der Waals surface area contributed by atoms with Crippen LogP contribution in [0, 0.1) is 0 Å². The molecule has 0 atom stereocenters. The molecule has 2 heterocycles. The molecular weight excluding hydrogens is 420 g/mol. The highest BCUT2D eigenvalue weighted by atomic mass is 16.3. The van der Waals surface area contributed by atoms with Crippen LogP contribution in [0.1, 0.15) is 40.6 Å². The van der Waals surface area contributed by atoms with E-state index in [0.29, 0.717) is 23.5 Å². The summed E-state index contributed by atoms with van der Waals surface area (Å²) >= 11 is 0. The van der Waals surface area contributed by atoms with E-state index in [-0.39, 0.29) is 23.5 Å². The van der Waals surface area contributed by atoms with Crippen LogP contribution in [-0.2, 0) is 6.54 Å². The second-order valence-corrected chi connectivity index (χ2v) is 7.95. The zero-order chi connectivity index (χ0) is 22.8. The number of rotatable bonds is 6. The lowest BCUT2D eigenvalue weighted by atomic mass is 10.1. The van der Waals surface area contributed by atoms with Crippen molar-refractivity contribution in [3.63, 3.8) is 0 Å². The highest BCUT2D eigenvalue weighted by molar-refractivity contribution is 6.02. The van der Waals surface area contributed by atoms with Gasteiger partial charge in [0.15, 0.2) is 5.76 Å². The van der Waals surface area contributed by atoms with Crippen LogP contribution in [0.2, 0.25) is 0 Å². The Morgan fingerprint density at radius 3 is 2.61 bits per heavy atom. The third-order valence-corrected chi connectivity index (χ3v) is 5.49. The maximum absolute atomic E-state index is 12.9. The molecule has 0 bridgehead atoms. The molecule has 1 fully saturated rings. The first-order chi connectivity index (χ1) is 16.1. The topological polar surface area (TPSA) is 109 Å². The molecule has 8 heteroatoms. The van der Waals surface area contributed by atoms with Gasteiger partial charge in [-0.1, -0.05) is 30.3 Å². The lowest BCUT2D eigenvalue weighted by Crippen LogP contribution is -2.30. The number of anilines is 1. The van der Waals surface area contributed by atoms with Crippen LogP contribution in [0.25, 0.3) is 11.3 Å². The van der Waals surface area contributed by atoms with Crippen LogP contribution in [0.15, 0.2) is 77.4 Å². The summed E-state index contributed by atoms with van der Waals surface area (Å²) in [5.41, 5.74) is 3.14. The third-order valence-electron chi connectivity index (χ3n) is 5.49. The van der Waals surface area contributed by atoms with Gasteiger partial charge < -0.3 is 20.2 Å². The number of phenols is 1. The molecule has 0 aliphatic heterocycles. The molecule has 3 N–H and O–H groups in total. The Bertz CT molecular complexity index is 1290. The number of aromatic nitrogens is 2. The van der Waals surface area contributed by atoms with Gasteiger partial charge in [-0.3, -0.25) is 4.79 Å². The molecule has 4 aromatic rings. The van der Waals surface area contributed by atoms with Gasteiger partial charge in [-0.2, -0.15) is 9.78 Å². The number of nitrogens with zero attached hydrogens (tertiary/aromatic N) is 2. The Balaban J connectivity index is 1.40. The Labute approximate surface area is 189 Å². The zero-order valence-electron chi connectivity index (χ0n) is 17.7. The zero-order valence-corrected chi connectivity index (χ0v) is 17.7. The van der Waals surface area contributed by atoms with Gasteiger partial charge in [0.25, 0.3) is 5.91 Å². The highest BCUT2D eigenvalue weighted by Crippen LogP contribution is 2.42. The molecule has 0 radical (unpaired) electrons. The Hall–Kier alpha value is -4.33. The number of furan rings is 1. The van der Waals surface area contributed by atoms with Crippen LogP contribution in [0.5, 0.6) is 5.75 Å². The van der Waals surface area contributed by atoms with Crippen molar-refractivity contribution in [3.8, 4) is 17.0 Å². The number of benzene rings is 2. The number of aromatic hydroxyl groups is 1. The average molecular weight is 442 g/mol. The monoisotopic (exact) mass is 442 g/mol. The van der Waals surface area contributed by atoms with Gasteiger partial charge in [-0.05, 0) is 54.8 Å². The van der Waals surface area contributed by atoms with E-state index in [1.54, 1.807) is 24.3 Å². The van der Waals surface area contributed by atoms with E-state index in [2.05, 4.69) is 15.7 Å². The van der Waals surface area contributed by atoms with Crippen molar-refractivity contribution in [2.24, 2.45) is 0 Å². The van der Waals surface area contributed by atoms with E-state index in [0.717, 1.165) is 24.1 Å². The van der Waals surface area contributed by atoms with Crippen molar-refractivity contribution in [3.05, 3.63) is 90.0 Å². The normalized spacial score (nSPS) is 13.0. The van der Waals surface area contributed by atoms with Gasteiger partial charge >= 0.3 is 6.03 Å². The third kappa shape index (κ3) is 4.50. The van der Waals surface area contributed by atoms with Crippen molar-refractivity contribution in [2.75, 3.05) is 5.32 Å². The molecule has 0 spiro atoms. The molecule has 1 aliphatic carbocycles. The largest absolute Gasteiger partial charge is 0.507 e. The summed E-state index contributed by atoms with van der Waals surface area (Å²) in [6, 6.07) is 19.0. The number of carbonyl (C=O) groups is 2. The van der Waals surface area contributed by atoms with Gasteiger partial charge in [-0.25, -0.2) is 4.79 Å². The summed E-state index contributed by atoms with van der Waals surface area (Å²) in [6.07, 6.45) is 3.40. The van der Waals surface area contributed by atoms with Crippen LogP contribution in [0.3, 0.4) is 0 Å². The van der Waals surface area contributed by atoms with Gasteiger partial charge in [0.05, 0.1) is 17.7 Å². The van der Waals surface area contributed by atoms with E-state index in [1.807, 2.05) is 36.4 Å². The predicted molar refractivity (Wildman–Crippen MR) is 122 cm³/mol. The van der Waals surface area contributed by atoms with Crippen LogP contribution in [0.4, 0.5) is 10.5 Å². The quantitative estimate of drug-likeness (QED) is 0.374. The Morgan fingerprint density at radius 2 is 1.88 bits per heavy atom. The predicted octanol–water partition coefficient (Wildman–Crippen LogP) is 4.74. The second kappa shape index (κ2) is 8.66. The van der Waals surface area contributed by atoms with Gasteiger partial charge in [0.2, 0.25) is 0 Å². The minimum atomic E-state index is -0.402. The van der Waals surface area contributed by atoms with E-state index >= 15 is 0 Å². The summed E-state index contributed by atoms with van der Waals surface area (Å²) in [6.45, 7) is 0.387. The van der Waals surface area contributed by atoms with Gasteiger partial charge in [0.1, 0.15) is 5.75 Å². The minimum Gasteiger partial charge on any atom is -0.507 e. The van der Waals surface area contributed by atoms with E-state index in [4.69, 9.17) is 4.42 Å². The number of phenolic OH excluding ortho intramolecular Hbond substituents is 1. The highest BCUT2D eigenvalue weighted by Gasteiger charge is 2.30. The molecule has 2 aromatic heterocycles. The Morgan fingerprint density at radius 1 is 1.06 bits per heavy atom. The van der Waals surface area contributed by atoms with Gasteiger partial charge in [-0.15, -0.1) is 0 Å². The molecule has 166 valence electrons. The fourth-order valence-electron chi connectivity index (χ4n) is 3.63. The van der Waals surface area contributed by atoms with Crippen molar-refractivity contribution in [2.45, 2.75) is 25.3 Å². The lowest BCUT2D eigenvalue weighted by molar-refractivity contribution is 0.0996. The van der Waals surface area contributed by atoms with Crippen molar-refractivity contribution >= 4 is 17.6 Å². The van der Waals surface area contributed by atoms with E-state index in [9.17, 15) is 14.7 Å². The molecular formula is C25H22N4O4. The van der Waals surface area contributed by atoms with Crippen LogP contribution < -0.4 is 10.6 Å². The van der Waals surface area contributed by atoms with E-state index < -0.39 is 5.91 Å². The summed E-state index contributed by atoms with van der Waals surface area (Å²) in [4.78, 5) is 25.2. The first-order valence-electron chi connectivity index (χ1n) is 10.7. The molecule has 1 saturated carbocycles. The summed E-state index contributed by atoms with van der Waals surface area (Å²) in [5, 5.41) is 20.6. The van der Waals surface area contributed by atoms with Crippen molar-refractivity contribution in [1.29, 1.82) is 0 Å². The SMILES string of the molecule is O=C(Nc1ccc(O)c(-c2cc(C3CC3)n(C(=O)NCc3ccccc3)n2)c1)c1ccco1. The summed E-state index contributed by atoms with van der Waals surface area (Å²) in [7, 11) is 0. The standard InChI is InChI=1S/C25H22N4O4/c30-22-11-10-18(27-24(31)23-7-4-12-33-23)13-19(22)20-14-21(17-8-9-17)29(28-20)25(32)26-15-16-5-2-1-3-6-16/h1-7,10-14,17,30H,8-9,15H2,(H,26,32)(H,27,31). The molecule has 0 saturated heterocycles. The number of hydrogen-bond donors (Lipinski definition) is 3. The lowest BCUT2D eigenvalue weighted by Gasteiger charge is -2.08. The van der Waals surface area contributed by atoms with Crippen molar-refractivity contribution < 1.29 is 19.1 Å². The van der Waals surface area contributed by atoms with Crippen LogP contribution in [-0.4, -0.2) is 26.8 Å². The summed E-state index contributed by atoms with van der Waals surface area (Å²) < 4.78 is 6.50. The first kappa shape index (κ1) is 20.6. The molecule has 2 amide bonds. The maximum atomic E-state index is 12.9. The fraction of sp³-hybridized carbons (Fsp3) is 0.160. The number of hydrogen-bond acceptors (Lipinski definition) is 5. The Kier molecular flexibility index (Phi) is 5.40. The van der Waals surface area contributed by atoms with Crippen molar-refractivity contribution in [1.82, 2.24) is 15.1 Å². The second-order valence-electron chi connectivity index (χ2n) is 7.95. The average Bonchev–Trinajstić information content (AvgIpc) is 3.33. The maximum Gasteiger partial charge on any atom is 0.342 e. The molecule has 33 heavy (non-hydrogen) atoms. The van der Waals surface area contributed by atoms with Gasteiger partial charge in [0, 0.05) is 23.7 Å².